The van der Waals surface area contributed by atoms with Crippen molar-refractivity contribution >= 4 is 11.7 Å². The number of hydrogen-bond donors (Lipinski definition) is 1. The number of nitrogens with one attached hydrogen (secondary N) is 1. The van der Waals surface area contributed by atoms with Crippen LogP contribution in [0.2, 0.25) is 0 Å². The van der Waals surface area contributed by atoms with Crippen molar-refractivity contribution < 1.29 is 27.2 Å². The number of ether oxygens (including phenoxy) is 1. The van der Waals surface area contributed by atoms with Gasteiger partial charge < -0.3 is 14.6 Å². The summed E-state index contributed by atoms with van der Waals surface area (Å²) in [6.07, 6.45) is -4.76. The lowest BCUT2D eigenvalue weighted by Gasteiger charge is -2.09. The fraction of sp³-hybridized carbons (Fsp3) is 0.167. The van der Waals surface area contributed by atoms with Crippen LogP contribution in [0, 0.1) is 6.92 Å². The molecule has 0 unspecified atom stereocenters. The number of halogens is 3. The number of nitrogens with zero attached hydrogens (tertiary/aromatic N) is 1. The van der Waals surface area contributed by atoms with E-state index in [1.807, 2.05) is 0 Å². The number of amides is 1. The molecule has 2 rings (SSSR count). The fourth-order valence-electron chi connectivity index (χ4n) is 1.42. The number of aryl methyl sites for hydroxylation is 1. The van der Waals surface area contributed by atoms with Crippen LogP contribution in [0.5, 0.6) is 5.75 Å². The third kappa shape index (κ3) is 3.74. The summed E-state index contributed by atoms with van der Waals surface area (Å²) >= 11 is 0. The number of carbonyl (C=O) groups is 1. The Balaban J connectivity index is 2.04. The first kappa shape index (κ1) is 13.9. The Morgan fingerprint density at radius 2 is 1.95 bits per heavy atom. The van der Waals surface area contributed by atoms with Crippen molar-refractivity contribution in [2.24, 2.45) is 0 Å². The summed E-state index contributed by atoms with van der Waals surface area (Å²) in [4.78, 5) is 11.8. The van der Waals surface area contributed by atoms with Crippen LogP contribution in [0.1, 0.15) is 16.1 Å². The molecule has 0 bridgehead atoms. The first-order valence-corrected chi connectivity index (χ1v) is 5.44. The molecule has 0 aliphatic rings. The van der Waals surface area contributed by atoms with Gasteiger partial charge in [0.2, 0.25) is 0 Å². The SMILES string of the molecule is Cc1cc(NC(=O)c2ccc(OC(F)(F)F)cc2)no1. The Labute approximate surface area is 111 Å². The maximum atomic E-state index is 12.0. The summed E-state index contributed by atoms with van der Waals surface area (Å²) in [6, 6.07) is 6.04. The van der Waals surface area contributed by atoms with Crippen molar-refractivity contribution in [3.8, 4) is 5.75 Å². The van der Waals surface area contributed by atoms with E-state index in [1.165, 1.54) is 18.2 Å². The van der Waals surface area contributed by atoms with E-state index >= 15 is 0 Å². The normalized spacial score (nSPS) is 11.2. The van der Waals surface area contributed by atoms with Crippen LogP contribution in [0.3, 0.4) is 0 Å². The Bertz CT molecular complexity index is 605. The second kappa shape index (κ2) is 5.24. The van der Waals surface area contributed by atoms with Crippen molar-refractivity contribution in [2.45, 2.75) is 13.3 Å². The number of anilines is 1. The van der Waals surface area contributed by atoms with Crippen LogP contribution in [0.25, 0.3) is 0 Å². The van der Waals surface area contributed by atoms with Gasteiger partial charge in [0.25, 0.3) is 5.91 Å². The van der Waals surface area contributed by atoms with Crippen LogP contribution in [0.4, 0.5) is 19.0 Å². The molecule has 1 amide bonds. The Morgan fingerprint density at radius 3 is 2.45 bits per heavy atom. The van der Waals surface area contributed by atoms with Gasteiger partial charge in [-0.3, -0.25) is 4.79 Å². The van der Waals surface area contributed by atoms with Crippen LogP contribution < -0.4 is 10.1 Å². The van der Waals surface area contributed by atoms with Gasteiger partial charge in [0.15, 0.2) is 5.82 Å². The summed E-state index contributed by atoms with van der Waals surface area (Å²) in [7, 11) is 0. The standard InChI is InChI=1S/C12H9F3N2O3/c1-7-6-10(17-20-7)16-11(18)8-2-4-9(5-3-8)19-12(13,14)15/h2-6H,1H3,(H,16,17,18). The third-order valence-corrected chi connectivity index (χ3v) is 2.22. The van der Waals surface area contributed by atoms with E-state index < -0.39 is 18.0 Å². The minimum Gasteiger partial charge on any atom is -0.406 e. The minimum atomic E-state index is -4.76. The van der Waals surface area contributed by atoms with Crippen LogP contribution in [-0.2, 0) is 0 Å². The number of carbonyl (C=O) groups excluding carboxylic acids is 1. The molecule has 1 aromatic carbocycles. The highest BCUT2D eigenvalue weighted by Gasteiger charge is 2.31. The van der Waals surface area contributed by atoms with Gasteiger partial charge in [-0.1, -0.05) is 5.16 Å². The smallest absolute Gasteiger partial charge is 0.406 e. The Morgan fingerprint density at radius 1 is 1.30 bits per heavy atom. The molecule has 0 saturated heterocycles. The highest BCUT2D eigenvalue weighted by atomic mass is 19.4. The predicted molar refractivity (Wildman–Crippen MR) is 62.3 cm³/mol. The van der Waals surface area contributed by atoms with E-state index in [9.17, 15) is 18.0 Å². The molecule has 0 atom stereocenters. The number of hydrogen-bond acceptors (Lipinski definition) is 4. The molecule has 1 heterocycles. The molecule has 1 aromatic heterocycles. The van der Waals surface area contributed by atoms with Gasteiger partial charge in [-0.2, -0.15) is 0 Å². The van der Waals surface area contributed by atoms with E-state index in [1.54, 1.807) is 6.92 Å². The molecule has 2 aromatic rings. The van der Waals surface area contributed by atoms with Gasteiger partial charge in [0, 0.05) is 11.6 Å². The molecule has 5 nitrogen and oxygen atoms in total. The van der Waals surface area contributed by atoms with Gasteiger partial charge in [-0.05, 0) is 31.2 Å². The highest BCUT2D eigenvalue weighted by molar-refractivity contribution is 6.03. The molecule has 0 spiro atoms. The minimum absolute atomic E-state index is 0.167. The maximum Gasteiger partial charge on any atom is 0.573 e. The van der Waals surface area contributed by atoms with Crippen molar-refractivity contribution in [3.05, 3.63) is 41.7 Å². The third-order valence-electron chi connectivity index (χ3n) is 2.22. The number of rotatable bonds is 3. The van der Waals surface area contributed by atoms with E-state index in [-0.39, 0.29) is 11.4 Å². The molecule has 0 radical (unpaired) electrons. The lowest BCUT2D eigenvalue weighted by atomic mass is 10.2. The molecular weight excluding hydrogens is 277 g/mol. The maximum absolute atomic E-state index is 12.0. The average Bonchev–Trinajstić information content (AvgIpc) is 2.73. The molecule has 0 aliphatic carbocycles. The second-order valence-corrected chi connectivity index (χ2v) is 3.85. The zero-order chi connectivity index (χ0) is 14.8. The number of aromatic nitrogens is 1. The van der Waals surface area contributed by atoms with Gasteiger partial charge in [0.05, 0.1) is 0 Å². The Kier molecular flexibility index (Phi) is 3.64. The molecule has 106 valence electrons. The lowest BCUT2D eigenvalue weighted by Crippen LogP contribution is -2.17. The molecule has 8 heteroatoms. The number of benzene rings is 1. The summed E-state index contributed by atoms with van der Waals surface area (Å²) in [5.74, 6) is -0.166. The topological polar surface area (TPSA) is 64.4 Å². The first-order valence-electron chi connectivity index (χ1n) is 5.44. The van der Waals surface area contributed by atoms with Crippen molar-refractivity contribution in [3.63, 3.8) is 0 Å². The van der Waals surface area contributed by atoms with E-state index in [0.717, 1.165) is 12.1 Å². The van der Waals surface area contributed by atoms with E-state index in [0.29, 0.717) is 5.76 Å². The largest absolute Gasteiger partial charge is 0.573 e. The van der Waals surface area contributed by atoms with Gasteiger partial charge in [0.1, 0.15) is 11.5 Å². The van der Waals surface area contributed by atoms with Crippen molar-refractivity contribution in [1.29, 1.82) is 0 Å². The summed E-state index contributed by atoms with van der Waals surface area (Å²) < 4.78 is 44.4. The molecular formula is C12H9F3N2O3. The molecule has 0 aliphatic heterocycles. The predicted octanol–water partition coefficient (Wildman–Crippen LogP) is 3.13. The second-order valence-electron chi connectivity index (χ2n) is 3.85. The van der Waals surface area contributed by atoms with E-state index in [2.05, 4.69) is 15.2 Å². The average molecular weight is 286 g/mol. The zero-order valence-corrected chi connectivity index (χ0v) is 10.2. The van der Waals surface area contributed by atoms with Crippen molar-refractivity contribution in [1.82, 2.24) is 5.16 Å². The number of alkyl halides is 3. The summed E-state index contributed by atoms with van der Waals surface area (Å²) in [6.45, 7) is 1.66. The van der Waals surface area contributed by atoms with Crippen molar-refractivity contribution in [2.75, 3.05) is 5.32 Å². The van der Waals surface area contributed by atoms with Gasteiger partial charge >= 0.3 is 6.36 Å². The van der Waals surface area contributed by atoms with Gasteiger partial charge in [-0.15, -0.1) is 13.2 Å². The van der Waals surface area contributed by atoms with Crippen LogP contribution >= 0.6 is 0 Å². The molecule has 0 fully saturated rings. The zero-order valence-electron chi connectivity index (χ0n) is 10.2. The van der Waals surface area contributed by atoms with Crippen LogP contribution in [0.15, 0.2) is 34.9 Å². The summed E-state index contributed by atoms with van der Waals surface area (Å²) in [5, 5.41) is 6.01. The lowest BCUT2D eigenvalue weighted by molar-refractivity contribution is -0.274. The molecule has 1 N–H and O–H groups in total. The first-order chi connectivity index (χ1) is 9.33. The Hall–Kier alpha value is -2.51. The van der Waals surface area contributed by atoms with E-state index in [4.69, 9.17) is 4.52 Å². The highest BCUT2D eigenvalue weighted by Crippen LogP contribution is 2.23. The van der Waals surface area contributed by atoms with Gasteiger partial charge in [-0.25, -0.2) is 0 Å². The quantitative estimate of drug-likeness (QED) is 0.941. The molecule has 20 heavy (non-hydrogen) atoms. The van der Waals surface area contributed by atoms with Crippen LogP contribution in [-0.4, -0.2) is 17.4 Å². The monoisotopic (exact) mass is 286 g/mol. The fourth-order valence-corrected chi connectivity index (χ4v) is 1.42. The summed E-state index contributed by atoms with van der Waals surface area (Å²) in [5.41, 5.74) is 0.167. The molecule has 0 saturated carbocycles.